The Morgan fingerprint density at radius 2 is 2.00 bits per heavy atom. The third-order valence-corrected chi connectivity index (χ3v) is 3.08. The summed E-state index contributed by atoms with van der Waals surface area (Å²) in [5, 5.41) is 8.72. The fourth-order valence-electron chi connectivity index (χ4n) is 2.00. The lowest BCUT2D eigenvalue weighted by Crippen LogP contribution is -2.14. The number of benzene rings is 1. The van der Waals surface area contributed by atoms with Crippen molar-refractivity contribution >= 4 is 5.78 Å². The van der Waals surface area contributed by atoms with Gasteiger partial charge in [0.2, 0.25) is 0 Å². The van der Waals surface area contributed by atoms with Crippen molar-refractivity contribution in [2.45, 2.75) is 25.9 Å². The number of nitrogens with zero attached hydrogens (tertiary/aromatic N) is 1. The molecule has 0 radical (unpaired) electrons. The van der Waals surface area contributed by atoms with Crippen LogP contribution in [0.25, 0.3) is 0 Å². The zero-order valence-electron chi connectivity index (χ0n) is 9.64. The van der Waals surface area contributed by atoms with E-state index in [0.717, 1.165) is 18.9 Å². The van der Waals surface area contributed by atoms with Crippen molar-refractivity contribution in [3.05, 3.63) is 34.4 Å². The van der Waals surface area contributed by atoms with Crippen LogP contribution in [-0.2, 0) is 6.18 Å². The molecule has 0 aliphatic heterocycles. The smallest absolute Gasteiger partial charge is 0.294 e. The molecule has 5 heteroatoms. The zero-order valence-corrected chi connectivity index (χ0v) is 9.64. The van der Waals surface area contributed by atoms with Crippen LogP contribution in [0.5, 0.6) is 0 Å². The maximum absolute atomic E-state index is 12.9. The number of Topliss-reactive ketones (excluding diaryl/α,β-unsaturated/α-hetero) is 1. The van der Waals surface area contributed by atoms with E-state index in [2.05, 4.69) is 0 Å². The van der Waals surface area contributed by atoms with E-state index >= 15 is 0 Å². The third-order valence-electron chi connectivity index (χ3n) is 3.08. The number of carbonyl (C=O) groups is 1. The van der Waals surface area contributed by atoms with E-state index in [-0.39, 0.29) is 22.8 Å². The van der Waals surface area contributed by atoms with Gasteiger partial charge in [0.1, 0.15) is 0 Å². The van der Waals surface area contributed by atoms with Crippen molar-refractivity contribution in [3.8, 4) is 6.07 Å². The van der Waals surface area contributed by atoms with Crippen molar-refractivity contribution in [2.24, 2.45) is 5.92 Å². The van der Waals surface area contributed by atoms with Gasteiger partial charge in [-0.15, -0.1) is 0 Å². The molecule has 18 heavy (non-hydrogen) atoms. The Morgan fingerprint density at radius 3 is 2.44 bits per heavy atom. The number of rotatable bonds is 2. The third kappa shape index (κ3) is 2.10. The van der Waals surface area contributed by atoms with Crippen LogP contribution in [0.15, 0.2) is 12.1 Å². The Labute approximate surface area is 102 Å². The van der Waals surface area contributed by atoms with E-state index in [0.29, 0.717) is 0 Å². The van der Waals surface area contributed by atoms with Crippen molar-refractivity contribution < 1.29 is 18.0 Å². The van der Waals surface area contributed by atoms with E-state index in [4.69, 9.17) is 5.26 Å². The Hall–Kier alpha value is -1.83. The lowest BCUT2D eigenvalue weighted by atomic mass is 9.93. The molecule has 0 N–H and O–H groups in total. The Balaban J connectivity index is 2.59. The molecule has 0 heterocycles. The Kier molecular flexibility index (Phi) is 2.89. The highest BCUT2D eigenvalue weighted by atomic mass is 19.4. The molecule has 0 spiro atoms. The minimum atomic E-state index is -4.62. The first-order valence-electron chi connectivity index (χ1n) is 5.51. The first-order chi connectivity index (χ1) is 8.36. The average Bonchev–Trinajstić information content (AvgIpc) is 3.09. The fraction of sp³-hybridized carbons (Fsp3) is 0.385. The van der Waals surface area contributed by atoms with Crippen molar-refractivity contribution in [3.63, 3.8) is 0 Å². The quantitative estimate of drug-likeness (QED) is 0.757. The summed E-state index contributed by atoms with van der Waals surface area (Å²) in [7, 11) is 0. The molecule has 1 fully saturated rings. The lowest BCUT2D eigenvalue weighted by Gasteiger charge is -2.14. The van der Waals surface area contributed by atoms with Crippen molar-refractivity contribution in [2.75, 3.05) is 0 Å². The fourth-order valence-corrected chi connectivity index (χ4v) is 2.00. The molecule has 1 aliphatic carbocycles. The van der Waals surface area contributed by atoms with Gasteiger partial charge in [0.15, 0.2) is 5.78 Å². The van der Waals surface area contributed by atoms with Crippen LogP contribution in [0.2, 0.25) is 0 Å². The van der Waals surface area contributed by atoms with E-state index in [1.54, 1.807) is 0 Å². The van der Waals surface area contributed by atoms with Gasteiger partial charge < -0.3 is 0 Å². The lowest BCUT2D eigenvalue weighted by molar-refractivity contribution is -0.138. The number of nitriles is 1. The van der Waals surface area contributed by atoms with E-state index in [9.17, 15) is 18.0 Å². The van der Waals surface area contributed by atoms with Gasteiger partial charge in [-0.2, -0.15) is 18.4 Å². The maximum Gasteiger partial charge on any atom is 0.417 e. The summed E-state index contributed by atoms with van der Waals surface area (Å²) < 4.78 is 38.7. The summed E-state index contributed by atoms with van der Waals surface area (Å²) in [6.07, 6.45) is -3.14. The number of ketones is 1. The molecule has 1 aliphatic rings. The first-order valence-corrected chi connectivity index (χ1v) is 5.51. The Bertz CT molecular complexity index is 551. The van der Waals surface area contributed by atoms with Gasteiger partial charge in [-0.05, 0) is 37.5 Å². The molecule has 0 unspecified atom stereocenters. The summed E-state index contributed by atoms with van der Waals surface area (Å²) in [6.45, 7) is 1.25. The molecule has 1 aromatic rings. The molecule has 2 nitrogen and oxygen atoms in total. The van der Waals surface area contributed by atoms with Gasteiger partial charge in [0, 0.05) is 11.5 Å². The van der Waals surface area contributed by atoms with Gasteiger partial charge in [-0.1, -0.05) is 0 Å². The summed E-state index contributed by atoms with van der Waals surface area (Å²) >= 11 is 0. The predicted molar refractivity (Wildman–Crippen MR) is 58.0 cm³/mol. The first kappa shape index (κ1) is 12.6. The normalized spacial score (nSPS) is 15.3. The predicted octanol–water partition coefficient (Wildman–Crippen LogP) is 3.48. The minimum Gasteiger partial charge on any atom is -0.294 e. The molecule has 0 saturated heterocycles. The van der Waals surface area contributed by atoms with Gasteiger partial charge in [-0.25, -0.2) is 0 Å². The summed E-state index contributed by atoms with van der Waals surface area (Å²) in [5.74, 6) is -0.389. The number of halogens is 3. The summed E-state index contributed by atoms with van der Waals surface area (Å²) in [4.78, 5) is 11.9. The molecule has 0 bridgehead atoms. The molecule has 1 aromatic carbocycles. The monoisotopic (exact) mass is 253 g/mol. The van der Waals surface area contributed by atoms with Gasteiger partial charge in [-0.3, -0.25) is 4.79 Å². The number of alkyl halides is 3. The van der Waals surface area contributed by atoms with E-state index in [1.807, 2.05) is 0 Å². The second-order valence-corrected chi connectivity index (χ2v) is 4.41. The molecular formula is C13H10F3NO. The zero-order chi connectivity index (χ0) is 13.5. The second-order valence-electron chi connectivity index (χ2n) is 4.41. The van der Waals surface area contributed by atoms with Crippen LogP contribution in [0.1, 0.15) is 39.9 Å². The Morgan fingerprint density at radius 1 is 1.39 bits per heavy atom. The number of hydrogen-bond acceptors (Lipinski definition) is 2. The molecule has 0 amide bonds. The van der Waals surface area contributed by atoms with Crippen LogP contribution in [0.4, 0.5) is 13.2 Å². The van der Waals surface area contributed by atoms with Gasteiger partial charge in [0.05, 0.1) is 17.2 Å². The standard InChI is InChI=1S/C13H10F3NO/c1-7-10(12(18)8-2-3-8)5-4-9(6-17)11(7)13(14,15)16/h4-5,8H,2-3H2,1H3. The van der Waals surface area contributed by atoms with E-state index in [1.165, 1.54) is 19.1 Å². The number of hydrogen-bond donors (Lipinski definition) is 0. The van der Waals surface area contributed by atoms with Crippen LogP contribution in [0.3, 0.4) is 0 Å². The highest BCUT2D eigenvalue weighted by molar-refractivity contribution is 6.01. The molecular weight excluding hydrogens is 243 g/mol. The van der Waals surface area contributed by atoms with Gasteiger partial charge >= 0.3 is 6.18 Å². The molecule has 1 saturated carbocycles. The van der Waals surface area contributed by atoms with Crippen molar-refractivity contribution in [1.82, 2.24) is 0 Å². The molecule has 0 aromatic heterocycles. The van der Waals surface area contributed by atoms with Crippen LogP contribution in [-0.4, -0.2) is 5.78 Å². The van der Waals surface area contributed by atoms with Gasteiger partial charge in [0.25, 0.3) is 0 Å². The van der Waals surface area contributed by atoms with Crippen LogP contribution in [0, 0.1) is 24.2 Å². The highest BCUT2D eigenvalue weighted by Crippen LogP contribution is 2.38. The maximum atomic E-state index is 12.9. The van der Waals surface area contributed by atoms with E-state index < -0.39 is 17.3 Å². The SMILES string of the molecule is Cc1c(C(=O)C2CC2)ccc(C#N)c1C(F)(F)F. The molecule has 2 rings (SSSR count). The summed E-state index contributed by atoms with van der Waals surface area (Å²) in [5.41, 5.74) is -1.48. The van der Waals surface area contributed by atoms with Crippen LogP contribution < -0.4 is 0 Å². The average molecular weight is 253 g/mol. The summed E-state index contributed by atoms with van der Waals surface area (Å²) in [6, 6.07) is 3.92. The van der Waals surface area contributed by atoms with Crippen molar-refractivity contribution in [1.29, 1.82) is 5.26 Å². The van der Waals surface area contributed by atoms with Crippen LogP contribution >= 0.6 is 0 Å². The molecule has 0 atom stereocenters. The minimum absolute atomic E-state index is 0.0869. The number of carbonyl (C=O) groups excluding carboxylic acids is 1. The highest BCUT2D eigenvalue weighted by Gasteiger charge is 2.38. The largest absolute Gasteiger partial charge is 0.417 e. The molecule has 94 valence electrons. The topological polar surface area (TPSA) is 40.9 Å². The second kappa shape index (κ2) is 4.13.